The van der Waals surface area contributed by atoms with E-state index < -0.39 is 12.3 Å². The largest absolute Gasteiger partial charge is 0.386 e. The molecule has 1 unspecified atom stereocenters. The van der Waals surface area contributed by atoms with E-state index in [2.05, 4.69) is 4.74 Å². The molecular weight excluding hydrogens is 180 g/mol. The van der Waals surface area contributed by atoms with Crippen molar-refractivity contribution < 1.29 is 17.9 Å². The predicted octanol–water partition coefficient (Wildman–Crippen LogP) is 1.96. The molecule has 0 saturated heterocycles. The van der Waals surface area contributed by atoms with Crippen LogP contribution in [0.2, 0.25) is 0 Å². The summed E-state index contributed by atoms with van der Waals surface area (Å²) in [6.45, 7) is 3.14. The molecule has 0 bridgehead atoms. The molecule has 0 aliphatic rings. The summed E-state index contributed by atoms with van der Waals surface area (Å²) in [6.07, 6.45) is -4.72. The summed E-state index contributed by atoms with van der Waals surface area (Å²) < 4.78 is 41.7. The highest BCUT2D eigenvalue weighted by Gasteiger charge is 2.39. The summed E-state index contributed by atoms with van der Waals surface area (Å²) in [5, 5.41) is 0. The van der Waals surface area contributed by atoms with Gasteiger partial charge >= 0.3 is 6.11 Å². The Kier molecular flexibility index (Phi) is 8.52. The summed E-state index contributed by atoms with van der Waals surface area (Å²) in [6, 6.07) is 0. The van der Waals surface area contributed by atoms with Gasteiger partial charge in [-0.25, -0.2) is 4.39 Å². The van der Waals surface area contributed by atoms with Crippen LogP contribution in [0.1, 0.15) is 33.1 Å². The minimum absolute atomic E-state index is 0. The minimum atomic E-state index is -3.61. The van der Waals surface area contributed by atoms with Crippen LogP contribution in [-0.2, 0) is 4.74 Å². The summed E-state index contributed by atoms with van der Waals surface area (Å²) >= 11 is 0. The lowest BCUT2D eigenvalue weighted by molar-refractivity contribution is -0.273. The zero-order valence-electron chi connectivity index (χ0n) is 7.45. The molecule has 5 heteroatoms. The van der Waals surface area contributed by atoms with Crippen LogP contribution < -0.4 is 0 Å². The smallest absolute Gasteiger partial charge is 0.318 e. The Morgan fingerprint density at radius 2 is 1.85 bits per heavy atom. The number of hydrogen-bond donors (Lipinski definition) is 0. The fraction of sp³-hybridized carbons (Fsp3) is 1.00. The third-order valence-corrected chi connectivity index (χ3v) is 1.52. The molecule has 0 rings (SSSR count). The molecule has 80 valence electrons. The zero-order chi connectivity index (χ0) is 9.61. The first-order chi connectivity index (χ1) is 5.54. The molecule has 0 aromatic carbocycles. The lowest BCUT2D eigenvalue weighted by Gasteiger charge is -2.19. The standard InChI is InChI=1S/C8H15F3O.BH3/c1-3-5-6-12-8(10,11)7(9)4-2;/h7H,3-6H2,1-2H3;1H3. The fourth-order valence-electron chi connectivity index (χ4n) is 0.681. The Morgan fingerprint density at radius 3 is 2.23 bits per heavy atom. The van der Waals surface area contributed by atoms with Gasteiger partial charge in [-0.15, -0.1) is 0 Å². The Balaban J connectivity index is 0. The molecule has 0 aliphatic carbocycles. The van der Waals surface area contributed by atoms with E-state index in [0.717, 1.165) is 6.42 Å². The molecule has 0 radical (unpaired) electrons. The van der Waals surface area contributed by atoms with Gasteiger partial charge in [-0.05, 0) is 12.8 Å². The average Bonchev–Trinajstić information content (AvgIpc) is 2.03. The van der Waals surface area contributed by atoms with Crippen LogP contribution in [0.25, 0.3) is 0 Å². The van der Waals surface area contributed by atoms with Crippen molar-refractivity contribution in [3.63, 3.8) is 0 Å². The van der Waals surface area contributed by atoms with Crippen molar-refractivity contribution in [2.45, 2.75) is 45.4 Å². The Labute approximate surface area is 79.2 Å². The first kappa shape index (κ1) is 15.3. The molecule has 0 heterocycles. The van der Waals surface area contributed by atoms with Crippen LogP contribution in [0.4, 0.5) is 13.2 Å². The number of unbranched alkanes of at least 4 members (excludes halogenated alkanes) is 1. The Hall–Kier alpha value is -0.185. The van der Waals surface area contributed by atoms with E-state index in [0.29, 0.717) is 6.42 Å². The Morgan fingerprint density at radius 1 is 1.31 bits per heavy atom. The van der Waals surface area contributed by atoms with Crippen LogP contribution in [0, 0.1) is 0 Å². The van der Waals surface area contributed by atoms with E-state index >= 15 is 0 Å². The van der Waals surface area contributed by atoms with Gasteiger partial charge in [-0.2, -0.15) is 8.78 Å². The first-order valence-corrected chi connectivity index (χ1v) is 4.20. The van der Waals surface area contributed by atoms with Crippen molar-refractivity contribution in [3.05, 3.63) is 0 Å². The second-order valence-electron chi connectivity index (χ2n) is 2.64. The zero-order valence-corrected chi connectivity index (χ0v) is 7.45. The third kappa shape index (κ3) is 5.96. The maximum Gasteiger partial charge on any atom is 0.386 e. The third-order valence-electron chi connectivity index (χ3n) is 1.52. The number of halogens is 3. The van der Waals surface area contributed by atoms with Gasteiger partial charge < -0.3 is 4.74 Å². The average molecular weight is 198 g/mol. The molecular formula is C8H18BF3O. The van der Waals surface area contributed by atoms with Crippen molar-refractivity contribution in [3.8, 4) is 0 Å². The Bertz CT molecular complexity index is 122. The maximum atomic E-state index is 12.5. The summed E-state index contributed by atoms with van der Waals surface area (Å²) in [7, 11) is 0. The van der Waals surface area contributed by atoms with E-state index in [1.807, 2.05) is 6.92 Å². The van der Waals surface area contributed by atoms with E-state index in [1.165, 1.54) is 6.92 Å². The molecule has 0 amide bonds. The molecule has 0 aromatic rings. The highest BCUT2D eigenvalue weighted by Crippen LogP contribution is 2.25. The van der Waals surface area contributed by atoms with Crippen molar-refractivity contribution >= 4 is 8.41 Å². The second kappa shape index (κ2) is 7.24. The van der Waals surface area contributed by atoms with Gasteiger partial charge in [0.05, 0.1) is 15.0 Å². The summed E-state index contributed by atoms with van der Waals surface area (Å²) in [5.41, 5.74) is 0. The van der Waals surface area contributed by atoms with E-state index in [1.54, 1.807) is 0 Å². The van der Waals surface area contributed by atoms with Gasteiger partial charge in [0.1, 0.15) is 0 Å². The van der Waals surface area contributed by atoms with Crippen molar-refractivity contribution in [1.82, 2.24) is 0 Å². The number of alkyl halides is 3. The molecule has 1 atom stereocenters. The molecule has 0 saturated carbocycles. The van der Waals surface area contributed by atoms with Gasteiger partial charge in [-0.3, -0.25) is 0 Å². The number of ether oxygens (including phenoxy) is 1. The van der Waals surface area contributed by atoms with Crippen LogP contribution >= 0.6 is 0 Å². The first-order valence-electron chi connectivity index (χ1n) is 4.20. The second-order valence-corrected chi connectivity index (χ2v) is 2.64. The van der Waals surface area contributed by atoms with Crippen LogP contribution in [-0.4, -0.2) is 27.3 Å². The lowest BCUT2D eigenvalue weighted by Crippen LogP contribution is -2.33. The normalized spacial score (nSPS) is 13.6. The molecule has 0 aromatic heterocycles. The predicted molar refractivity (Wildman–Crippen MR) is 50.9 cm³/mol. The van der Waals surface area contributed by atoms with Crippen molar-refractivity contribution in [2.75, 3.05) is 6.61 Å². The van der Waals surface area contributed by atoms with Crippen molar-refractivity contribution in [2.24, 2.45) is 0 Å². The highest BCUT2D eigenvalue weighted by molar-refractivity contribution is 5.75. The quantitative estimate of drug-likeness (QED) is 0.468. The van der Waals surface area contributed by atoms with Crippen LogP contribution in [0.15, 0.2) is 0 Å². The fourth-order valence-corrected chi connectivity index (χ4v) is 0.681. The van der Waals surface area contributed by atoms with E-state index in [9.17, 15) is 13.2 Å². The molecule has 0 N–H and O–H groups in total. The maximum absolute atomic E-state index is 12.5. The molecule has 1 nitrogen and oxygen atoms in total. The lowest BCUT2D eigenvalue weighted by atomic mass is 10.3. The van der Waals surface area contributed by atoms with Crippen molar-refractivity contribution in [1.29, 1.82) is 0 Å². The van der Waals surface area contributed by atoms with Gasteiger partial charge in [0.2, 0.25) is 0 Å². The highest BCUT2D eigenvalue weighted by atomic mass is 19.3. The van der Waals surface area contributed by atoms with Gasteiger partial charge in [-0.1, -0.05) is 20.3 Å². The monoisotopic (exact) mass is 198 g/mol. The topological polar surface area (TPSA) is 9.23 Å². The van der Waals surface area contributed by atoms with Crippen LogP contribution in [0.5, 0.6) is 0 Å². The van der Waals surface area contributed by atoms with Gasteiger partial charge in [0, 0.05) is 0 Å². The molecule has 13 heavy (non-hydrogen) atoms. The molecule has 0 fully saturated rings. The number of rotatable bonds is 6. The number of hydrogen-bond acceptors (Lipinski definition) is 1. The van der Waals surface area contributed by atoms with E-state index in [-0.39, 0.29) is 21.4 Å². The SMILES string of the molecule is B.CCCCOC(F)(F)C(F)CC. The minimum Gasteiger partial charge on any atom is -0.318 e. The summed E-state index contributed by atoms with van der Waals surface area (Å²) in [4.78, 5) is 0. The van der Waals surface area contributed by atoms with Gasteiger partial charge in [0.25, 0.3) is 0 Å². The van der Waals surface area contributed by atoms with Gasteiger partial charge in [0.15, 0.2) is 6.17 Å². The molecule has 0 aliphatic heterocycles. The summed E-state index contributed by atoms with van der Waals surface area (Å²) in [5.74, 6) is 0. The van der Waals surface area contributed by atoms with Crippen LogP contribution in [0.3, 0.4) is 0 Å². The molecule has 0 spiro atoms. The van der Waals surface area contributed by atoms with E-state index in [4.69, 9.17) is 0 Å².